The molecule has 29 heavy (non-hydrogen) atoms. The smallest absolute Gasteiger partial charge is 0.244 e. The minimum atomic E-state index is -0.210. The third kappa shape index (κ3) is 4.42. The van der Waals surface area contributed by atoms with Crippen molar-refractivity contribution in [1.82, 2.24) is 10.2 Å². The molecule has 3 aromatic rings. The van der Waals surface area contributed by atoms with Crippen LogP contribution < -0.4 is 10.6 Å². The first-order valence-electron chi connectivity index (χ1n) is 9.34. The molecular weight excluding hydrogens is 402 g/mol. The van der Waals surface area contributed by atoms with Crippen molar-refractivity contribution in [1.29, 1.82) is 0 Å². The van der Waals surface area contributed by atoms with Crippen LogP contribution in [-0.4, -0.2) is 22.5 Å². The number of nitrogens with one attached hydrogen (secondary N) is 2. The number of benzene rings is 3. The van der Waals surface area contributed by atoms with Crippen LogP contribution in [-0.2, 0) is 11.3 Å². The maximum atomic E-state index is 12.6. The van der Waals surface area contributed by atoms with Crippen LogP contribution in [0.25, 0.3) is 0 Å². The van der Waals surface area contributed by atoms with E-state index in [1.165, 1.54) is 0 Å². The van der Waals surface area contributed by atoms with Gasteiger partial charge in [-0.1, -0.05) is 72.3 Å². The maximum Gasteiger partial charge on any atom is 0.244 e. The quantitative estimate of drug-likeness (QED) is 0.598. The van der Waals surface area contributed by atoms with Gasteiger partial charge in [-0.2, -0.15) is 0 Å². The molecule has 0 saturated heterocycles. The molecule has 1 atom stereocenters. The Balaban J connectivity index is 1.69. The van der Waals surface area contributed by atoms with E-state index in [4.69, 9.17) is 23.8 Å². The van der Waals surface area contributed by atoms with Crippen molar-refractivity contribution in [3.05, 3.63) is 101 Å². The van der Waals surface area contributed by atoms with Crippen molar-refractivity contribution in [2.24, 2.45) is 0 Å². The Bertz CT molecular complexity index is 1020. The van der Waals surface area contributed by atoms with Gasteiger partial charge >= 0.3 is 0 Å². The first-order valence-corrected chi connectivity index (χ1v) is 10.1. The zero-order valence-electron chi connectivity index (χ0n) is 15.6. The van der Waals surface area contributed by atoms with E-state index >= 15 is 0 Å². The SMILES string of the molecule is O=C1CN(C(=S)NCc2ccccc2)C(c2ccc(Cl)cc2)c2ccccc2N1. The highest BCUT2D eigenvalue weighted by Gasteiger charge is 2.31. The molecule has 0 saturated carbocycles. The minimum absolute atomic E-state index is 0.0993. The van der Waals surface area contributed by atoms with Crippen molar-refractivity contribution in [2.75, 3.05) is 11.9 Å². The van der Waals surface area contributed by atoms with E-state index in [2.05, 4.69) is 10.6 Å². The van der Waals surface area contributed by atoms with E-state index in [1.54, 1.807) is 0 Å². The Morgan fingerprint density at radius 3 is 2.48 bits per heavy atom. The van der Waals surface area contributed by atoms with E-state index in [9.17, 15) is 4.79 Å². The first-order chi connectivity index (χ1) is 14.1. The second-order valence-corrected chi connectivity index (χ2v) is 7.68. The molecule has 4 rings (SSSR count). The lowest BCUT2D eigenvalue weighted by molar-refractivity contribution is -0.116. The van der Waals surface area contributed by atoms with Crippen molar-refractivity contribution < 1.29 is 4.79 Å². The van der Waals surface area contributed by atoms with Gasteiger partial charge in [-0.15, -0.1) is 0 Å². The van der Waals surface area contributed by atoms with Crippen LogP contribution in [0.3, 0.4) is 0 Å². The van der Waals surface area contributed by atoms with Gasteiger partial charge in [0.15, 0.2) is 5.11 Å². The van der Waals surface area contributed by atoms with Crippen molar-refractivity contribution >= 4 is 40.5 Å². The van der Waals surface area contributed by atoms with Gasteiger partial charge in [0.05, 0.1) is 6.04 Å². The number of amides is 1. The molecule has 0 aliphatic carbocycles. The lowest BCUT2D eigenvalue weighted by atomic mass is 9.96. The van der Waals surface area contributed by atoms with E-state index in [0.717, 1.165) is 22.4 Å². The summed E-state index contributed by atoms with van der Waals surface area (Å²) < 4.78 is 0. The maximum absolute atomic E-state index is 12.6. The molecule has 1 aliphatic rings. The van der Waals surface area contributed by atoms with Gasteiger partial charge in [0.1, 0.15) is 6.54 Å². The van der Waals surface area contributed by atoms with E-state index < -0.39 is 0 Å². The predicted octanol–water partition coefficient (Wildman–Crippen LogP) is 4.76. The van der Waals surface area contributed by atoms with Crippen LogP contribution in [0.15, 0.2) is 78.9 Å². The summed E-state index contributed by atoms with van der Waals surface area (Å²) in [5.41, 5.74) is 3.93. The minimum Gasteiger partial charge on any atom is -0.358 e. The summed E-state index contributed by atoms with van der Waals surface area (Å²) in [7, 11) is 0. The molecule has 1 unspecified atom stereocenters. The van der Waals surface area contributed by atoms with Crippen LogP contribution in [0.1, 0.15) is 22.7 Å². The summed E-state index contributed by atoms with van der Waals surface area (Å²) in [4.78, 5) is 14.5. The highest BCUT2D eigenvalue weighted by Crippen LogP contribution is 2.36. The fourth-order valence-electron chi connectivity index (χ4n) is 3.52. The average molecular weight is 422 g/mol. The molecule has 0 aromatic heterocycles. The monoisotopic (exact) mass is 421 g/mol. The van der Waals surface area contributed by atoms with E-state index in [1.807, 2.05) is 83.8 Å². The normalized spacial score (nSPS) is 15.8. The standard InChI is InChI=1S/C23H20ClN3OS/c24-18-12-10-17(11-13-18)22-19-8-4-5-9-20(19)26-21(28)15-27(22)23(29)25-14-16-6-2-1-3-7-16/h1-13,22H,14-15H2,(H,25,29)(H,26,28). The molecule has 0 radical (unpaired) electrons. The number of anilines is 1. The molecule has 0 spiro atoms. The fourth-order valence-corrected chi connectivity index (χ4v) is 3.89. The number of hydrogen-bond donors (Lipinski definition) is 2. The Morgan fingerprint density at radius 2 is 1.72 bits per heavy atom. The molecule has 1 heterocycles. The van der Waals surface area contributed by atoms with Crippen LogP contribution in [0.2, 0.25) is 5.02 Å². The van der Waals surface area contributed by atoms with E-state index in [0.29, 0.717) is 16.7 Å². The van der Waals surface area contributed by atoms with Crippen LogP contribution in [0.5, 0.6) is 0 Å². The third-order valence-corrected chi connectivity index (χ3v) is 5.52. The van der Waals surface area contributed by atoms with Gasteiger partial charge in [-0.3, -0.25) is 4.79 Å². The van der Waals surface area contributed by atoms with E-state index in [-0.39, 0.29) is 18.5 Å². The van der Waals surface area contributed by atoms with Crippen molar-refractivity contribution in [3.63, 3.8) is 0 Å². The Kier molecular flexibility index (Phi) is 5.79. The van der Waals surface area contributed by atoms with Gasteiger partial charge in [0.25, 0.3) is 0 Å². The summed E-state index contributed by atoms with van der Waals surface area (Å²) >= 11 is 11.8. The summed E-state index contributed by atoms with van der Waals surface area (Å²) in [6.07, 6.45) is 0. The van der Waals surface area contributed by atoms with Gasteiger partial charge in [-0.25, -0.2) is 0 Å². The Morgan fingerprint density at radius 1 is 1.03 bits per heavy atom. The molecule has 0 fully saturated rings. The van der Waals surface area contributed by atoms with Gasteiger partial charge in [0, 0.05) is 22.8 Å². The molecule has 1 aliphatic heterocycles. The number of carbonyl (C=O) groups excluding carboxylic acids is 1. The highest BCUT2D eigenvalue weighted by molar-refractivity contribution is 7.80. The van der Waals surface area contributed by atoms with Gasteiger partial charge < -0.3 is 15.5 Å². The number of halogens is 1. The predicted molar refractivity (Wildman–Crippen MR) is 121 cm³/mol. The lowest BCUT2D eigenvalue weighted by Gasteiger charge is -2.32. The third-order valence-electron chi connectivity index (χ3n) is 4.89. The number of hydrogen-bond acceptors (Lipinski definition) is 2. The number of rotatable bonds is 3. The number of fused-ring (bicyclic) bond motifs is 1. The first kappa shape index (κ1) is 19.4. The molecule has 3 aromatic carbocycles. The van der Waals surface area contributed by atoms with Crippen molar-refractivity contribution in [3.8, 4) is 0 Å². The Hall–Kier alpha value is -2.89. The molecule has 0 bridgehead atoms. The van der Waals surface area contributed by atoms with Gasteiger partial charge in [-0.05, 0) is 41.5 Å². The molecule has 6 heteroatoms. The van der Waals surface area contributed by atoms with Crippen LogP contribution in [0.4, 0.5) is 5.69 Å². The number of para-hydroxylation sites is 1. The molecule has 1 amide bonds. The molecule has 4 nitrogen and oxygen atoms in total. The second-order valence-electron chi connectivity index (χ2n) is 6.86. The number of carbonyl (C=O) groups is 1. The second kappa shape index (κ2) is 8.64. The zero-order chi connectivity index (χ0) is 20.2. The van der Waals surface area contributed by atoms with Gasteiger partial charge in [0.2, 0.25) is 5.91 Å². The molecule has 2 N–H and O–H groups in total. The van der Waals surface area contributed by atoms with Crippen molar-refractivity contribution in [2.45, 2.75) is 12.6 Å². The number of thiocarbonyl (C=S) groups is 1. The zero-order valence-corrected chi connectivity index (χ0v) is 17.2. The Labute approximate surface area is 180 Å². The summed E-state index contributed by atoms with van der Waals surface area (Å²) in [5.74, 6) is -0.0993. The van der Waals surface area contributed by atoms with Crippen LogP contribution >= 0.6 is 23.8 Å². The largest absolute Gasteiger partial charge is 0.358 e. The lowest BCUT2D eigenvalue weighted by Crippen LogP contribution is -2.44. The topological polar surface area (TPSA) is 44.4 Å². The average Bonchev–Trinajstić information content (AvgIpc) is 2.89. The fraction of sp³-hybridized carbons (Fsp3) is 0.130. The van der Waals surface area contributed by atoms with Crippen LogP contribution in [0, 0.1) is 0 Å². The number of nitrogens with zero attached hydrogens (tertiary/aromatic N) is 1. The molecular formula is C23H20ClN3OS. The molecule has 146 valence electrons. The summed E-state index contributed by atoms with van der Waals surface area (Å²) in [6, 6.07) is 25.3. The highest BCUT2D eigenvalue weighted by atomic mass is 35.5. The summed E-state index contributed by atoms with van der Waals surface area (Å²) in [6.45, 7) is 0.745. The summed E-state index contributed by atoms with van der Waals surface area (Å²) in [5, 5.41) is 7.50.